The summed E-state index contributed by atoms with van der Waals surface area (Å²) >= 11 is 6.02. The Balaban J connectivity index is 1.87. The van der Waals surface area contributed by atoms with E-state index < -0.39 is 5.82 Å². The number of benzene rings is 1. The molecule has 1 fully saturated rings. The minimum absolute atomic E-state index is 0.143. The molecule has 1 aliphatic heterocycles. The lowest BCUT2D eigenvalue weighted by Crippen LogP contribution is -2.41. The molecule has 1 amide bonds. The molecular weight excluding hydrogens is 321 g/mol. The van der Waals surface area contributed by atoms with Crippen LogP contribution in [0.25, 0.3) is 0 Å². The smallest absolute Gasteiger partial charge is 0.255 e. The molecule has 1 aliphatic rings. The predicted molar refractivity (Wildman–Crippen MR) is 87.5 cm³/mol. The van der Waals surface area contributed by atoms with Crippen molar-refractivity contribution >= 4 is 17.5 Å². The fraction of sp³-hybridized carbons (Fsp3) is 0.588. The Hall–Kier alpha value is -1.17. The number of carbonyl (C=O) groups excluding carboxylic acids is 1. The Bertz CT molecular complexity index is 545. The van der Waals surface area contributed by atoms with Crippen molar-refractivity contribution in [2.75, 3.05) is 33.4 Å². The van der Waals surface area contributed by atoms with Gasteiger partial charge in [-0.15, -0.1) is 0 Å². The molecule has 0 bridgehead atoms. The number of likely N-dealkylation sites (tertiary alicyclic amines) is 1. The SMILES string of the molecule is COCCCOC1CCN(C(=O)c2cc(C)c(F)cc2Cl)CC1. The van der Waals surface area contributed by atoms with Crippen molar-refractivity contribution in [1.82, 2.24) is 4.90 Å². The normalized spacial score (nSPS) is 15.9. The average molecular weight is 344 g/mol. The molecular formula is C17H23ClFNO3. The summed E-state index contributed by atoms with van der Waals surface area (Å²) in [6.07, 6.45) is 2.66. The van der Waals surface area contributed by atoms with Gasteiger partial charge in [0.25, 0.3) is 5.91 Å². The Morgan fingerprint density at radius 3 is 2.70 bits per heavy atom. The first-order valence-corrected chi connectivity index (χ1v) is 8.26. The Morgan fingerprint density at radius 1 is 1.35 bits per heavy atom. The maximum absolute atomic E-state index is 13.5. The molecule has 128 valence electrons. The third kappa shape index (κ3) is 4.90. The van der Waals surface area contributed by atoms with E-state index in [9.17, 15) is 9.18 Å². The number of carbonyl (C=O) groups is 1. The summed E-state index contributed by atoms with van der Waals surface area (Å²) < 4.78 is 24.2. The Kier molecular flexibility index (Phi) is 6.81. The van der Waals surface area contributed by atoms with Crippen LogP contribution in [0.1, 0.15) is 35.2 Å². The summed E-state index contributed by atoms with van der Waals surface area (Å²) in [5.41, 5.74) is 0.791. The zero-order valence-electron chi connectivity index (χ0n) is 13.6. The van der Waals surface area contributed by atoms with Gasteiger partial charge in [-0.1, -0.05) is 11.6 Å². The van der Waals surface area contributed by atoms with Crippen LogP contribution >= 0.6 is 11.6 Å². The van der Waals surface area contributed by atoms with Crippen molar-refractivity contribution in [1.29, 1.82) is 0 Å². The van der Waals surface area contributed by atoms with Crippen molar-refractivity contribution in [2.24, 2.45) is 0 Å². The lowest BCUT2D eigenvalue weighted by atomic mass is 10.0. The Morgan fingerprint density at radius 2 is 2.04 bits per heavy atom. The van der Waals surface area contributed by atoms with Crippen molar-refractivity contribution in [3.05, 3.63) is 34.1 Å². The van der Waals surface area contributed by atoms with Crippen LogP contribution < -0.4 is 0 Å². The highest BCUT2D eigenvalue weighted by Crippen LogP contribution is 2.24. The third-order valence-electron chi connectivity index (χ3n) is 4.05. The van der Waals surface area contributed by atoms with E-state index >= 15 is 0 Å². The number of methoxy groups -OCH3 is 1. The number of aryl methyl sites for hydroxylation is 1. The summed E-state index contributed by atoms with van der Waals surface area (Å²) in [5.74, 6) is -0.536. The summed E-state index contributed by atoms with van der Waals surface area (Å²) in [4.78, 5) is 14.3. The lowest BCUT2D eigenvalue weighted by molar-refractivity contribution is 0.00189. The molecule has 0 radical (unpaired) electrons. The van der Waals surface area contributed by atoms with Gasteiger partial charge in [0.2, 0.25) is 0 Å². The van der Waals surface area contributed by atoms with Crippen LogP contribution in [-0.2, 0) is 9.47 Å². The zero-order valence-corrected chi connectivity index (χ0v) is 14.4. The second-order valence-corrected chi connectivity index (χ2v) is 6.20. The second kappa shape index (κ2) is 8.62. The van der Waals surface area contributed by atoms with E-state index in [0.717, 1.165) is 19.3 Å². The van der Waals surface area contributed by atoms with Crippen molar-refractivity contribution in [3.8, 4) is 0 Å². The van der Waals surface area contributed by atoms with Crippen molar-refractivity contribution in [3.63, 3.8) is 0 Å². The number of hydrogen-bond acceptors (Lipinski definition) is 3. The maximum Gasteiger partial charge on any atom is 0.255 e. The second-order valence-electron chi connectivity index (χ2n) is 5.79. The largest absolute Gasteiger partial charge is 0.385 e. The van der Waals surface area contributed by atoms with Gasteiger partial charge >= 0.3 is 0 Å². The first-order valence-electron chi connectivity index (χ1n) is 7.88. The molecule has 0 spiro atoms. The van der Waals surface area contributed by atoms with Crippen LogP contribution in [0.3, 0.4) is 0 Å². The lowest BCUT2D eigenvalue weighted by Gasteiger charge is -2.32. The maximum atomic E-state index is 13.5. The minimum atomic E-state index is -0.394. The van der Waals surface area contributed by atoms with Crippen molar-refractivity contribution in [2.45, 2.75) is 32.3 Å². The minimum Gasteiger partial charge on any atom is -0.385 e. The highest BCUT2D eigenvalue weighted by molar-refractivity contribution is 6.33. The molecule has 0 atom stereocenters. The van der Waals surface area contributed by atoms with Crippen LogP contribution in [0.15, 0.2) is 12.1 Å². The van der Waals surface area contributed by atoms with Crippen LogP contribution in [0.2, 0.25) is 5.02 Å². The Labute approximate surface area is 141 Å². The van der Waals surface area contributed by atoms with Crippen LogP contribution in [0, 0.1) is 12.7 Å². The van der Waals surface area contributed by atoms with E-state index in [4.69, 9.17) is 21.1 Å². The molecule has 1 aromatic rings. The molecule has 1 heterocycles. The first kappa shape index (κ1) is 18.2. The third-order valence-corrected chi connectivity index (χ3v) is 4.37. The summed E-state index contributed by atoms with van der Waals surface area (Å²) in [7, 11) is 1.67. The van der Waals surface area contributed by atoms with Gasteiger partial charge in [0.05, 0.1) is 16.7 Å². The van der Waals surface area contributed by atoms with Gasteiger partial charge in [0.15, 0.2) is 0 Å². The molecule has 23 heavy (non-hydrogen) atoms. The molecule has 0 unspecified atom stereocenters. The summed E-state index contributed by atoms with van der Waals surface area (Å²) in [6.45, 7) is 4.25. The van der Waals surface area contributed by atoms with E-state index in [1.807, 2.05) is 0 Å². The van der Waals surface area contributed by atoms with Gasteiger partial charge in [0, 0.05) is 33.4 Å². The van der Waals surface area contributed by atoms with E-state index in [1.54, 1.807) is 18.9 Å². The first-order chi connectivity index (χ1) is 11.0. The highest BCUT2D eigenvalue weighted by atomic mass is 35.5. The molecule has 0 saturated carbocycles. The predicted octanol–water partition coefficient (Wildman–Crippen LogP) is 3.45. The van der Waals surface area contributed by atoms with E-state index in [1.165, 1.54) is 12.1 Å². The van der Waals surface area contributed by atoms with Gasteiger partial charge in [-0.05, 0) is 43.9 Å². The number of ether oxygens (including phenoxy) is 2. The van der Waals surface area contributed by atoms with Gasteiger partial charge in [-0.25, -0.2) is 4.39 Å². The number of nitrogens with zero attached hydrogens (tertiary/aromatic N) is 1. The van der Waals surface area contributed by atoms with Gasteiger partial charge in [-0.3, -0.25) is 4.79 Å². The van der Waals surface area contributed by atoms with E-state index in [2.05, 4.69) is 0 Å². The number of rotatable bonds is 6. The summed E-state index contributed by atoms with van der Waals surface area (Å²) in [5, 5.41) is 0.163. The topological polar surface area (TPSA) is 38.8 Å². The molecule has 0 aromatic heterocycles. The van der Waals surface area contributed by atoms with Crippen LogP contribution in [0.4, 0.5) is 4.39 Å². The summed E-state index contributed by atoms with van der Waals surface area (Å²) in [6, 6.07) is 2.73. The molecule has 2 rings (SSSR count). The number of amides is 1. The zero-order chi connectivity index (χ0) is 16.8. The average Bonchev–Trinajstić information content (AvgIpc) is 2.55. The molecule has 1 saturated heterocycles. The number of halogens is 2. The number of hydrogen-bond donors (Lipinski definition) is 0. The molecule has 0 N–H and O–H groups in total. The molecule has 1 aromatic carbocycles. The van der Waals surface area contributed by atoms with Crippen LogP contribution in [0.5, 0.6) is 0 Å². The van der Waals surface area contributed by atoms with Crippen LogP contribution in [-0.4, -0.2) is 50.3 Å². The van der Waals surface area contributed by atoms with Gasteiger partial charge in [0.1, 0.15) is 5.82 Å². The van der Waals surface area contributed by atoms with E-state index in [0.29, 0.717) is 37.4 Å². The fourth-order valence-electron chi connectivity index (χ4n) is 2.67. The molecule has 6 heteroatoms. The number of piperidine rings is 1. The standard InChI is InChI=1S/C17H23ClFNO3/c1-12-10-14(15(18)11-16(12)19)17(21)20-6-4-13(5-7-20)23-9-3-8-22-2/h10-11,13H,3-9H2,1-2H3. The quantitative estimate of drug-likeness (QED) is 0.743. The molecule has 4 nitrogen and oxygen atoms in total. The highest BCUT2D eigenvalue weighted by Gasteiger charge is 2.25. The molecule has 0 aliphatic carbocycles. The van der Waals surface area contributed by atoms with E-state index in [-0.39, 0.29) is 17.0 Å². The fourth-order valence-corrected chi connectivity index (χ4v) is 2.90. The monoisotopic (exact) mass is 343 g/mol. The van der Waals surface area contributed by atoms with Crippen molar-refractivity contribution < 1.29 is 18.7 Å². The van der Waals surface area contributed by atoms with Gasteiger partial charge < -0.3 is 14.4 Å². The van der Waals surface area contributed by atoms with Gasteiger partial charge in [-0.2, -0.15) is 0 Å².